The van der Waals surface area contributed by atoms with Crippen molar-refractivity contribution in [3.05, 3.63) is 0 Å². The van der Waals surface area contributed by atoms with Crippen molar-refractivity contribution >= 4 is 5.95 Å². The molecule has 1 heterocycles. The third kappa shape index (κ3) is 3.85. The molecule has 16 heavy (non-hydrogen) atoms. The number of hydrogen-bond acceptors (Lipinski definition) is 7. The van der Waals surface area contributed by atoms with Crippen molar-refractivity contribution in [3.63, 3.8) is 0 Å². The highest BCUT2D eigenvalue weighted by Crippen LogP contribution is 2.12. The summed E-state index contributed by atoms with van der Waals surface area (Å²) in [6.45, 7) is 4.78. The Balaban J connectivity index is 2.64. The molecule has 0 spiro atoms. The molecule has 0 aliphatic rings. The molecule has 0 amide bonds. The van der Waals surface area contributed by atoms with Crippen molar-refractivity contribution in [2.24, 2.45) is 11.8 Å². The molecule has 7 heteroatoms. The lowest BCUT2D eigenvalue weighted by molar-refractivity contribution is 0.261. The average molecular weight is 227 g/mol. The Labute approximate surface area is 94.4 Å². The van der Waals surface area contributed by atoms with Crippen molar-refractivity contribution in [3.8, 4) is 12.0 Å². The molecule has 0 aromatic carbocycles. The fraction of sp³-hybridized carbons (Fsp3) is 0.667. The third-order valence-electron chi connectivity index (χ3n) is 1.83. The van der Waals surface area contributed by atoms with Crippen LogP contribution in [0, 0.1) is 5.92 Å². The van der Waals surface area contributed by atoms with E-state index in [0.717, 1.165) is 6.42 Å². The molecular weight excluding hydrogens is 210 g/mol. The first-order valence-corrected chi connectivity index (χ1v) is 5.05. The Hall–Kier alpha value is -1.63. The van der Waals surface area contributed by atoms with Gasteiger partial charge in [-0.25, -0.2) is 5.84 Å². The minimum Gasteiger partial charge on any atom is -0.467 e. The van der Waals surface area contributed by atoms with Crippen molar-refractivity contribution in [2.75, 3.05) is 19.1 Å². The topological polar surface area (TPSA) is 95.2 Å². The molecule has 0 saturated carbocycles. The standard InChI is InChI=1S/C9H17N5O2/c1-6(2)4-5-16-9-12-7(14-10)11-8(13-9)15-3/h6H,4-5,10H2,1-3H3,(H,11,12,13,14). The van der Waals surface area contributed by atoms with Crippen molar-refractivity contribution < 1.29 is 9.47 Å². The van der Waals surface area contributed by atoms with Crippen LogP contribution >= 0.6 is 0 Å². The van der Waals surface area contributed by atoms with Gasteiger partial charge in [0.25, 0.3) is 0 Å². The summed E-state index contributed by atoms with van der Waals surface area (Å²) in [4.78, 5) is 11.7. The Bertz CT molecular complexity index is 309. The Morgan fingerprint density at radius 2 is 1.94 bits per heavy atom. The van der Waals surface area contributed by atoms with Crippen LogP contribution in [0.2, 0.25) is 0 Å². The van der Waals surface area contributed by atoms with Gasteiger partial charge in [0.05, 0.1) is 13.7 Å². The summed E-state index contributed by atoms with van der Waals surface area (Å²) in [7, 11) is 1.47. The molecule has 1 aromatic heterocycles. The van der Waals surface area contributed by atoms with E-state index in [-0.39, 0.29) is 18.0 Å². The van der Waals surface area contributed by atoms with E-state index in [1.54, 1.807) is 0 Å². The van der Waals surface area contributed by atoms with E-state index in [1.165, 1.54) is 7.11 Å². The minimum atomic E-state index is 0.169. The number of nitrogens with two attached hydrogens (primary N) is 1. The van der Waals surface area contributed by atoms with Crippen LogP contribution in [0.5, 0.6) is 12.0 Å². The van der Waals surface area contributed by atoms with Gasteiger partial charge >= 0.3 is 12.0 Å². The number of nitrogens with zero attached hydrogens (tertiary/aromatic N) is 3. The highest BCUT2D eigenvalue weighted by atomic mass is 16.5. The first-order valence-electron chi connectivity index (χ1n) is 5.05. The second-order valence-corrected chi connectivity index (χ2v) is 3.60. The molecule has 0 radical (unpaired) electrons. The number of anilines is 1. The first kappa shape index (κ1) is 12.4. The molecule has 0 aliphatic heterocycles. The molecule has 0 saturated heterocycles. The Kier molecular flexibility index (Phi) is 4.71. The van der Waals surface area contributed by atoms with Crippen molar-refractivity contribution in [2.45, 2.75) is 20.3 Å². The van der Waals surface area contributed by atoms with Gasteiger partial charge in [0, 0.05) is 0 Å². The number of nitrogens with one attached hydrogen (secondary N) is 1. The van der Waals surface area contributed by atoms with Gasteiger partial charge in [-0.1, -0.05) is 13.8 Å². The first-order chi connectivity index (χ1) is 7.65. The maximum absolute atomic E-state index is 5.36. The molecule has 0 unspecified atom stereocenters. The number of hydrazine groups is 1. The van der Waals surface area contributed by atoms with Gasteiger partial charge < -0.3 is 9.47 Å². The molecular formula is C9H17N5O2. The van der Waals surface area contributed by atoms with Crippen LogP contribution in [0.3, 0.4) is 0 Å². The quantitative estimate of drug-likeness (QED) is 0.542. The number of aromatic nitrogens is 3. The largest absolute Gasteiger partial charge is 0.467 e. The molecule has 1 rings (SSSR count). The number of rotatable bonds is 6. The smallest absolute Gasteiger partial charge is 0.324 e. The highest BCUT2D eigenvalue weighted by Gasteiger charge is 2.07. The fourth-order valence-electron chi connectivity index (χ4n) is 0.944. The zero-order chi connectivity index (χ0) is 12.0. The fourth-order valence-corrected chi connectivity index (χ4v) is 0.944. The van der Waals surface area contributed by atoms with E-state index in [2.05, 4.69) is 34.2 Å². The molecule has 0 bridgehead atoms. The summed E-state index contributed by atoms with van der Waals surface area (Å²) in [5.41, 5.74) is 2.32. The summed E-state index contributed by atoms with van der Waals surface area (Å²) in [6, 6.07) is 0.378. The number of nitrogen functional groups attached to an aromatic ring is 1. The molecule has 0 atom stereocenters. The predicted molar refractivity (Wildman–Crippen MR) is 59.1 cm³/mol. The van der Waals surface area contributed by atoms with Crippen LogP contribution in [0.4, 0.5) is 5.95 Å². The van der Waals surface area contributed by atoms with Crippen LogP contribution < -0.4 is 20.7 Å². The molecule has 7 nitrogen and oxygen atoms in total. The zero-order valence-corrected chi connectivity index (χ0v) is 9.73. The summed E-state index contributed by atoms with van der Waals surface area (Å²) >= 11 is 0. The summed E-state index contributed by atoms with van der Waals surface area (Å²) in [5, 5.41) is 0. The zero-order valence-electron chi connectivity index (χ0n) is 9.73. The summed E-state index contributed by atoms with van der Waals surface area (Å²) in [5.74, 6) is 5.99. The van der Waals surface area contributed by atoms with Gasteiger partial charge in [0.2, 0.25) is 5.95 Å². The second kappa shape index (κ2) is 6.06. The van der Waals surface area contributed by atoms with Gasteiger partial charge in [0.1, 0.15) is 0 Å². The van der Waals surface area contributed by atoms with E-state index >= 15 is 0 Å². The van der Waals surface area contributed by atoms with E-state index in [1.807, 2.05) is 0 Å². The second-order valence-electron chi connectivity index (χ2n) is 3.60. The normalized spacial score (nSPS) is 10.3. The van der Waals surface area contributed by atoms with Crippen LogP contribution in [-0.4, -0.2) is 28.7 Å². The number of ether oxygens (including phenoxy) is 2. The van der Waals surface area contributed by atoms with Gasteiger partial charge in [-0.3, -0.25) is 5.43 Å². The number of methoxy groups -OCH3 is 1. The SMILES string of the molecule is COc1nc(NN)nc(OCCC(C)C)n1. The summed E-state index contributed by atoms with van der Waals surface area (Å²) < 4.78 is 10.3. The van der Waals surface area contributed by atoms with E-state index in [0.29, 0.717) is 12.5 Å². The van der Waals surface area contributed by atoms with Crippen molar-refractivity contribution in [1.82, 2.24) is 15.0 Å². The van der Waals surface area contributed by atoms with Gasteiger partial charge in [-0.2, -0.15) is 9.97 Å². The maximum Gasteiger partial charge on any atom is 0.324 e. The minimum absolute atomic E-state index is 0.169. The van der Waals surface area contributed by atoms with Crippen LogP contribution in [0.15, 0.2) is 0 Å². The van der Waals surface area contributed by atoms with Crippen LogP contribution in [-0.2, 0) is 0 Å². The van der Waals surface area contributed by atoms with Gasteiger partial charge in [-0.05, 0) is 12.3 Å². The lowest BCUT2D eigenvalue weighted by Gasteiger charge is -2.08. The van der Waals surface area contributed by atoms with E-state index < -0.39 is 0 Å². The highest BCUT2D eigenvalue weighted by molar-refractivity contribution is 5.25. The lowest BCUT2D eigenvalue weighted by Crippen LogP contribution is -2.13. The summed E-state index contributed by atoms with van der Waals surface area (Å²) in [6.07, 6.45) is 0.930. The lowest BCUT2D eigenvalue weighted by atomic mass is 10.1. The molecule has 90 valence electrons. The van der Waals surface area contributed by atoms with Crippen LogP contribution in [0.1, 0.15) is 20.3 Å². The monoisotopic (exact) mass is 227 g/mol. The van der Waals surface area contributed by atoms with E-state index in [9.17, 15) is 0 Å². The van der Waals surface area contributed by atoms with E-state index in [4.69, 9.17) is 15.3 Å². The van der Waals surface area contributed by atoms with Crippen LogP contribution in [0.25, 0.3) is 0 Å². The van der Waals surface area contributed by atoms with Gasteiger partial charge in [0.15, 0.2) is 0 Å². The molecule has 1 aromatic rings. The molecule has 0 aliphatic carbocycles. The average Bonchev–Trinajstić information content (AvgIpc) is 2.28. The Morgan fingerprint density at radius 1 is 1.25 bits per heavy atom. The predicted octanol–water partition coefficient (Wildman–Crippen LogP) is 0.591. The van der Waals surface area contributed by atoms with Crippen molar-refractivity contribution in [1.29, 1.82) is 0 Å². The number of hydrogen-bond donors (Lipinski definition) is 2. The Morgan fingerprint density at radius 3 is 2.50 bits per heavy atom. The molecule has 0 fully saturated rings. The third-order valence-corrected chi connectivity index (χ3v) is 1.83. The van der Waals surface area contributed by atoms with Gasteiger partial charge in [-0.15, -0.1) is 4.98 Å². The maximum atomic E-state index is 5.36. The molecule has 3 N–H and O–H groups in total.